The molecule has 0 aliphatic carbocycles. The fourth-order valence-corrected chi connectivity index (χ4v) is 8.24. The van der Waals surface area contributed by atoms with Gasteiger partial charge in [-0.2, -0.15) is 0 Å². The minimum Gasteiger partial charge on any atom is -0.394 e. The van der Waals surface area contributed by atoms with Crippen LogP contribution < -0.4 is 5.32 Å². The number of aliphatic hydroxyl groups is 5. The molecule has 7 unspecified atom stereocenters. The maximum absolute atomic E-state index is 13.0. The topological polar surface area (TPSA) is 149 Å². The highest BCUT2D eigenvalue weighted by atomic mass is 16.7. The number of rotatable bonds is 45. The van der Waals surface area contributed by atoms with Crippen LogP contribution in [0.2, 0.25) is 0 Å². The van der Waals surface area contributed by atoms with Gasteiger partial charge in [-0.25, -0.2) is 0 Å². The Kier molecular flexibility index (Phi) is 42.8. The maximum Gasteiger partial charge on any atom is 0.220 e. The summed E-state index contributed by atoms with van der Waals surface area (Å²) in [5, 5.41) is 54.3. The third-order valence-electron chi connectivity index (χ3n) is 12.6. The number of ether oxygens (including phenoxy) is 2. The van der Waals surface area contributed by atoms with E-state index in [1.54, 1.807) is 6.08 Å². The van der Waals surface area contributed by atoms with Crippen molar-refractivity contribution in [2.75, 3.05) is 13.2 Å². The molecule has 0 aromatic heterocycles. The molecule has 1 heterocycles. The fourth-order valence-electron chi connectivity index (χ4n) is 8.24. The fraction of sp³-hybridized carbons (Fsp3) is 0.804. The van der Waals surface area contributed by atoms with Gasteiger partial charge in [0.15, 0.2) is 6.29 Å². The summed E-state index contributed by atoms with van der Waals surface area (Å²) in [6.07, 6.45) is 54.3. The molecule has 378 valence electrons. The molecule has 0 saturated carbocycles. The third kappa shape index (κ3) is 35.7. The minimum absolute atomic E-state index is 0.189. The van der Waals surface area contributed by atoms with Crippen LogP contribution in [0.4, 0.5) is 0 Å². The van der Waals surface area contributed by atoms with E-state index in [0.29, 0.717) is 6.42 Å². The Morgan fingerprint density at radius 3 is 1.40 bits per heavy atom. The molecule has 1 amide bonds. The molecule has 0 aromatic carbocycles. The Hall–Kier alpha value is -2.11. The summed E-state index contributed by atoms with van der Waals surface area (Å²) >= 11 is 0. The lowest BCUT2D eigenvalue weighted by Gasteiger charge is -2.40. The summed E-state index contributed by atoms with van der Waals surface area (Å²) in [5.74, 6) is -0.189. The lowest BCUT2D eigenvalue weighted by molar-refractivity contribution is -0.302. The Labute approximate surface area is 398 Å². The summed E-state index contributed by atoms with van der Waals surface area (Å²) in [4.78, 5) is 13.0. The van der Waals surface area contributed by atoms with E-state index < -0.39 is 49.5 Å². The first-order chi connectivity index (χ1) is 31.8. The van der Waals surface area contributed by atoms with Crippen LogP contribution in [0.25, 0.3) is 0 Å². The molecule has 1 aliphatic heterocycles. The molecule has 1 saturated heterocycles. The number of hydrogen-bond donors (Lipinski definition) is 6. The van der Waals surface area contributed by atoms with Crippen molar-refractivity contribution >= 4 is 5.91 Å². The van der Waals surface area contributed by atoms with Gasteiger partial charge in [0.05, 0.1) is 25.4 Å². The Balaban J connectivity index is 2.20. The molecule has 0 aromatic rings. The van der Waals surface area contributed by atoms with E-state index in [9.17, 15) is 30.3 Å². The van der Waals surface area contributed by atoms with Crippen molar-refractivity contribution in [3.05, 3.63) is 60.8 Å². The van der Waals surface area contributed by atoms with E-state index in [2.05, 4.69) is 67.8 Å². The molecular weight excluding hydrogens is 815 g/mol. The van der Waals surface area contributed by atoms with E-state index in [1.165, 1.54) is 161 Å². The van der Waals surface area contributed by atoms with E-state index >= 15 is 0 Å². The van der Waals surface area contributed by atoms with Crippen LogP contribution in [0.1, 0.15) is 232 Å². The van der Waals surface area contributed by atoms with Crippen LogP contribution in [-0.4, -0.2) is 87.5 Å². The predicted molar refractivity (Wildman–Crippen MR) is 272 cm³/mol. The molecule has 7 atom stereocenters. The predicted octanol–water partition coefficient (Wildman–Crippen LogP) is 12.7. The standard InChI is InChI=1S/C56H101NO8/c1-3-5-7-9-11-13-15-17-18-19-20-21-22-23-24-25-26-27-28-29-30-31-32-34-36-38-40-42-44-46-52(60)57-49(48-64-56-55(63)54(62)53(61)51(47-58)65-56)50(59)45-43-41-39-37-35-33-16-14-12-10-8-6-4-2/h15,17,19-20,22-23,35,37,43,45,49-51,53-56,58-59,61-63H,3-14,16,18,21,24-34,36,38-42,44,46-48H2,1-2H3,(H,57,60)/b17-15-,20-19-,23-22-,37-35+,45-43+. The van der Waals surface area contributed by atoms with Gasteiger partial charge in [-0.15, -0.1) is 0 Å². The normalized spacial score (nSPS) is 20.4. The number of nitrogens with one attached hydrogen (secondary N) is 1. The highest BCUT2D eigenvalue weighted by molar-refractivity contribution is 5.76. The van der Waals surface area contributed by atoms with Gasteiger partial charge in [-0.05, 0) is 70.6 Å². The quantitative estimate of drug-likeness (QED) is 0.0261. The van der Waals surface area contributed by atoms with Crippen molar-refractivity contribution in [2.45, 2.75) is 275 Å². The zero-order valence-corrected chi connectivity index (χ0v) is 41.7. The number of carbonyl (C=O) groups excluding carboxylic acids is 1. The Bertz CT molecular complexity index is 1200. The van der Waals surface area contributed by atoms with Gasteiger partial charge in [-0.1, -0.05) is 216 Å². The maximum atomic E-state index is 13.0. The Morgan fingerprint density at radius 2 is 0.923 bits per heavy atom. The van der Waals surface area contributed by atoms with Gasteiger partial charge in [0.1, 0.15) is 24.4 Å². The van der Waals surface area contributed by atoms with Crippen molar-refractivity contribution in [1.82, 2.24) is 5.32 Å². The number of carbonyl (C=O) groups is 1. The molecule has 1 aliphatic rings. The van der Waals surface area contributed by atoms with Gasteiger partial charge in [0.25, 0.3) is 0 Å². The van der Waals surface area contributed by atoms with Gasteiger partial charge in [0, 0.05) is 6.42 Å². The van der Waals surface area contributed by atoms with Crippen molar-refractivity contribution in [2.24, 2.45) is 0 Å². The largest absolute Gasteiger partial charge is 0.394 e. The summed E-state index contributed by atoms with van der Waals surface area (Å²) in [7, 11) is 0. The van der Waals surface area contributed by atoms with Crippen LogP contribution >= 0.6 is 0 Å². The Morgan fingerprint density at radius 1 is 0.523 bits per heavy atom. The first-order valence-electron chi connectivity index (χ1n) is 27.0. The number of aliphatic hydroxyl groups excluding tert-OH is 5. The molecule has 1 fully saturated rings. The first kappa shape index (κ1) is 60.9. The van der Waals surface area contributed by atoms with Gasteiger partial charge in [-0.3, -0.25) is 4.79 Å². The van der Waals surface area contributed by atoms with Crippen LogP contribution in [0.5, 0.6) is 0 Å². The summed E-state index contributed by atoms with van der Waals surface area (Å²) in [6.45, 7) is 3.74. The first-order valence-corrected chi connectivity index (χ1v) is 27.0. The molecular formula is C56H101NO8. The third-order valence-corrected chi connectivity index (χ3v) is 12.6. The molecule has 6 N–H and O–H groups in total. The van der Waals surface area contributed by atoms with Crippen molar-refractivity contribution in [3.8, 4) is 0 Å². The summed E-state index contributed by atoms with van der Waals surface area (Å²) < 4.78 is 11.2. The summed E-state index contributed by atoms with van der Waals surface area (Å²) in [5.41, 5.74) is 0. The average Bonchev–Trinajstić information content (AvgIpc) is 3.31. The highest BCUT2D eigenvalue weighted by Crippen LogP contribution is 2.23. The second-order valence-corrected chi connectivity index (χ2v) is 18.7. The lowest BCUT2D eigenvalue weighted by Crippen LogP contribution is -2.60. The number of hydrogen-bond acceptors (Lipinski definition) is 8. The molecule has 65 heavy (non-hydrogen) atoms. The zero-order chi connectivity index (χ0) is 47.3. The number of unbranched alkanes of at least 4 members (excludes halogenated alkanes) is 27. The van der Waals surface area contributed by atoms with Gasteiger partial charge < -0.3 is 40.3 Å². The van der Waals surface area contributed by atoms with E-state index in [0.717, 1.165) is 51.4 Å². The van der Waals surface area contributed by atoms with Gasteiger partial charge in [0.2, 0.25) is 5.91 Å². The van der Waals surface area contributed by atoms with Gasteiger partial charge >= 0.3 is 0 Å². The molecule has 1 rings (SSSR count). The molecule has 0 bridgehead atoms. The highest BCUT2D eigenvalue weighted by Gasteiger charge is 2.44. The van der Waals surface area contributed by atoms with Crippen LogP contribution in [0.3, 0.4) is 0 Å². The second-order valence-electron chi connectivity index (χ2n) is 18.7. The van der Waals surface area contributed by atoms with Crippen molar-refractivity contribution in [1.29, 1.82) is 0 Å². The van der Waals surface area contributed by atoms with E-state index in [-0.39, 0.29) is 12.5 Å². The zero-order valence-electron chi connectivity index (χ0n) is 41.7. The molecule has 0 spiro atoms. The molecule has 0 radical (unpaired) electrons. The number of allylic oxidation sites excluding steroid dienone is 9. The minimum atomic E-state index is -1.57. The smallest absolute Gasteiger partial charge is 0.220 e. The number of amides is 1. The van der Waals surface area contributed by atoms with Crippen LogP contribution in [-0.2, 0) is 14.3 Å². The SMILES string of the molecule is CCCCCCC/C=C\C/C=C\C/C=C\CCCCCCCCCCCCCCCCC(=O)NC(COC1OC(CO)C(O)C(O)C1O)C(O)/C=C/CC/C=C/CCCCCCCCC. The van der Waals surface area contributed by atoms with Crippen molar-refractivity contribution in [3.63, 3.8) is 0 Å². The van der Waals surface area contributed by atoms with Crippen LogP contribution in [0, 0.1) is 0 Å². The van der Waals surface area contributed by atoms with E-state index in [4.69, 9.17) is 9.47 Å². The van der Waals surface area contributed by atoms with E-state index in [1.807, 2.05) is 6.08 Å². The second kappa shape index (κ2) is 45.7. The van der Waals surface area contributed by atoms with Crippen LogP contribution in [0.15, 0.2) is 60.8 Å². The molecule has 9 heteroatoms. The lowest BCUT2D eigenvalue weighted by atomic mass is 9.99. The molecule has 9 nitrogen and oxygen atoms in total. The summed E-state index contributed by atoms with van der Waals surface area (Å²) in [6, 6.07) is -0.823. The monoisotopic (exact) mass is 916 g/mol. The van der Waals surface area contributed by atoms with Crippen molar-refractivity contribution < 1.29 is 39.8 Å². The average molecular weight is 916 g/mol.